The lowest BCUT2D eigenvalue weighted by molar-refractivity contribution is 0.741. The molecule has 0 unspecified atom stereocenters. The predicted molar refractivity (Wildman–Crippen MR) is 78.8 cm³/mol. The van der Waals surface area contributed by atoms with Gasteiger partial charge in [0.15, 0.2) is 5.82 Å². The van der Waals surface area contributed by atoms with Crippen LogP contribution in [0.1, 0.15) is 25.0 Å². The summed E-state index contributed by atoms with van der Waals surface area (Å²) in [5.41, 5.74) is 0. The number of nitrogens with one attached hydrogen (secondary N) is 2. The molecule has 0 saturated heterocycles. The predicted octanol–water partition coefficient (Wildman–Crippen LogP) is 1.25. The highest BCUT2D eigenvalue weighted by Crippen LogP contribution is 2.11. The van der Waals surface area contributed by atoms with E-state index in [9.17, 15) is 0 Å². The van der Waals surface area contributed by atoms with Gasteiger partial charge in [0, 0.05) is 39.5 Å². The van der Waals surface area contributed by atoms with Crippen LogP contribution in [0, 0.1) is 0 Å². The molecular formula is C13H21N7. The van der Waals surface area contributed by atoms with Gasteiger partial charge in [0.2, 0.25) is 0 Å². The molecule has 0 saturated carbocycles. The molecule has 2 heterocycles. The highest BCUT2D eigenvalue weighted by molar-refractivity contribution is 5.47. The fourth-order valence-corrected chi connectivity index (χ4v) is 1.85. The van der Waals surface area contributed by atoms with Crippen LogP contribution in [-0.2, 0) is 19.9 Å². The Bertz CT molecular complexity index is 549. The molecule has 0 spiro atoms. The van der Waals surface area contributed by atoms with E-state index in [1.807, 2.05) is 20.2 Å². The van der Waals surface area contributed by atoms with Crippen LogP contribution in [0.5, 0.6) is 0 Å². The lowest BCUT2D eigenvalue weighted by atomic mass is 10.3. The number of rotatable bonds is 7. The van der Waals surface area contributed by atoms with Gasteiger partial charge < -0.3 is 10.6 Å². The van der Waals surface area contributed by atoms with E-state index in [2.05, 4.69) is 37.6 Å². The van der Waals surface area contributed by atoms with Crippen molar-refractivity contribution in [2.45, 2.75) is 26.2 Å². The summed E-state index contributed by atoms with van der Waals surface area (Å²) >= 11 is 0. The van der Waals surface area contributed by atoms with E-state index < -0.39 is 0 Å². The Labute approximate surface area is 118 Å². The Morgan fingerprint density at radius 3 is 2.60 bits per heavy atom. The summed E-state index contributed by atoms with van der Waals surface area (Å²) in [5, 5.41) is 10.6. The van der Waals surface area contributed by atoms with Crippen molar-refractivity contribution in [3.63, 3.8) is 0 Å². The molecule has 0 aromatic carbocycles. The number of hydrogen-bond donors (Lipinski definition) is 2. The van der Waals surface area contributed by atoms with E-state index in [0.29, 0.717) is 0 Å². The number of aromatic nitrogens is 5. The molecule has 2 aromatic rings. The highest BCUT2D eigenvalue weighted by Gasteiger charge is 2.04. The van der Waals surface area contributed by atoms with Crippen LogP contribution < -0.4 is 10.6 Å². The zero-order chi connectivity index (χ0) is 14.4. The van der Waals surface area contributed by atoms with Gasteiger partial charge in [-0.15, -0.1) is 0 Å². The van der Waals surface area contributed by atoms with Crippen molar-refractivity contribution in [3.8, 4) is 0 Å². The maximum absolute atomic E-state index is 4.50. The zero-order valence-corrected chi connectivity index (χ0v) is 12.2. The van der Waals surface area contributed by atoms with Gasteiger partial charge >= 0.3 is 0 Å². The minimum absolute atomic E-state index is 0.746. The summed E-state index contributed by atoms with van der Waals surface area (Å²) in [5.74, 6) is 3.36. The maximum atomic E-state index is 4.50. The van der Waals surface area contributed by atoms with E-state index in [1.165, 1.54) is 0 Å². The lowest BCUT2D eigenvalue weighted by Gasteiger charge is -2.08. The van der Waals surface area contributed by atoms with Crippen LogP contribution in [-0.4, -0.2) is 38.3 Å². The number of hydrogen-bond acceptors (Lipinski definition) is 6. The molecular weight excluding hydrogens is 254 g/mol. The summed E-state index contributed by atoms with van der Waals surface area (Å²) in [6, 6.07) is 1.91. The van der Waals surface area contributed by atoms with E-state index in [1.54, 1.807) is 11.0 Å². The first kappa shape index (κ1) is 14.2. The molecule has 0 atom stereocenters. The summed E-state index contributed by atoms with van der Waals surface area (Å²) in [6.45, 7) is 2.87. The Morgan fingerprint density at radius 2 is 1.95 bits per heavy atom. The molecule has 0 aliphatic rings. The minimum Gasteiger partial charge on any atom is -0.373 e. The Kier molecular flexibility index (Phi) is 4.86. The molecule has 2 rings (SSSR count). The normalized spacial score (nSPS) is 10.6. The zero-order valence-electron chi connectivity index (χ0n) is 12.2. The SMILES string of the molecule is CCCc1nc(NC)cc(NCCc2ncn(C)n2)n1. The van der Waals surface area contributed by atoms with E-state index in [0.717, 1.165) is 49.1 Å². The molecule has 0 amide bonds. The van der Waals surface area contributed by atoms with E-state index in [4.69, 9.17) is 0 Å². The second-order valence-corrected chi connectivity index (χ2v) is 4.57. The minimum atomic E-state index is 0.746. The van der Waals surface area contributed by atoms with Crippen LogP contribution >= 0.6 is 0 Å². The maximum Gasteiger partial charge on any atom is 0.152 e. The monoisotopic (exact) mass is 275 g/mol. The summed E-state index contributed by atoms with van der Waals surface area (Å²) in [4.78, 5) is 13.1. The fraction of sp³-hybridized carbons (Fsp3) is 0.538. The Morgan fingerprint density at radius 1 is 1.15 bits per heavy atom. The lowest BCUT2D eigenvalue weighted by Crippen LogP contribution is -2.10. The molecule has 108 valence electrons. The number of anilines is 2. The van der Waals surface area contributed by atoms with Crippen molar-refractivity contribution in [2.75, 3.05) is 24.2 Å². The van der Waals surface area contributed by atoms with Gasteiger partial charge in [-0.25, -0.2) is 15.0 Å². The van der Waals surface area contributed by atoms with Crippen molar-refractivity contribution >= 4 is 11.6 Å². The van der Waals surface area contributed by atoms with Crippen molar-refractivity contribution < 1.29 is 0 Å². The number of aryl methyl sites for hydroxylation is 2. The molecule has 7 heteroatoms. The Hall–Kier alpha value is -2.18. The second-order valence-electron chi connectivity index (χ2n) is 4.57. The smallest absolute Gasteiger partial charge is 0.152 e. The third-order valence-corrected chi connectivity index (χ3v) is 2.80. The summed E-state index contributed by atoms with van der Waals surface area (Å²) in [6.07, 6.45) is 4.39. The van der Waals surface area contributed by atoms with Crippen molar-refractivity contribution in [3.05, 3.63) is 24.0 Å². The average Bonchev–Trinajstić information content (AvgIpc) is 2.84. The molecule has 0 fully saturated rings. The molecule has 0 radical (unpaired) electrons. The molecule has 7 nitrogen and oxygen atoms in total. The molecule has 0 bridgehead atoms. The van der Waals surface area contributed by atoms with Crippen LogP contribution in [0.15, 0.2) is 12.4 Å². The average molecular weight is 275 g/mol. The molecule has 2 aromatic heterocycles. The van der Waals surface area contributed by atoms with Gasteiger partial charge in [-0.1, -0.05) is 6.92 Å². The summed E-state index contributed by atoms with van der Waals surface area (Å²) < 4.78 is 1.71. The number of nitrogens with zero attached hydrogens (tertiary/aromatic N) is 5. The third kappa shape index (κ3) is 3.91. The first-order chi connectivity index (χ1) is 9.71. The van der Waals surface area contributed by atoms with E-state index >= 15 is 0 Å². The third-order valence-electron chi connectivity index (χ3n) is 2.80. The van der Waals surface area contributed by atoms with Crippen molar-refractivity contribution in [1.29, 1.82) is 0 Å². The molecule has 2 N–H and O–H groups in total. The van der Waals surface area contributed by atoms with Crippen LogP contribution in [0.25, 0.3) is 0 Å². The largest absolute Gasteiger partial charge is 0.373 e. The second kappa shape index (κ2) is 6.83. The van der Waals surface area contributed by atoms with Gasteiger partial charge in [0.05, 0.1) is 0 Å². The molecule has 0 aliphatic carbocycles. The van der Waals surface area contributed by atoms with E-state index in [-0.39, 0.29) is 0 Å². The van der Waals surface area contributed by atoms with Gasteiger partial charge in [-0.3, -0.25) is 4.68 Å². The van der Waals surface area contributed by atoms with Crippen LogP contribution in [0.2, 0.25) is 0 Å². The van der Waals surface area contributed by atoms with Crippen LogP contribution in [0.3, 0.4) is 0 Å². The van der Waals surface area contributed by atoms with Crippen molar-refractivity contribution in [1.82, 2.24) is 24.7 Å². The first-order valence-electron chi connectivity index (χ1n) is 6.85. The fourth-order valence-electron chi connectivity index (χ4n) is 1.85. The first-order valence-corrected chi connectivity index (χ1v) is 6.85. The summed E-state index contributed by atoms with van der Waals surface area (Å²) in [7, 11) is 3.73. The van der Waals surface area contributed by atoms with Gasteiger partial charge in [0.1, 0.15) is 23.8 Å². The highest BCUT2D eigenvalue weighted by atomic mass is 15.3. The molecule has 0 aliphatic heterocycles. The topological polar surface area (TPSA) is 80.5 Å². The standard InChI is InChI=1S/C13H21N7/c1-4-5-11-17-12(14-2)8-13(18-11)15-7-6-10-16-9-20(3)19-10/h8-9H,4-7H2,1-3H3,(H2,14,15,17,18). The van der Waals surface area contributed by atoms with Gasteiger partial charge in [-0.2, -0.15) is 5.10 Å². The molecule has 20 heavy (non-hydrogen) atoms. The quantitative estimate of drug-likeness (QED) is 0.791. The van der Waals surface area contributed by atoms with Crippen molar-refractivity contribution in [2.24, 2.45) is 7.05 Å². The Balaban J connectivity index is 1.95. The van der Waals surface area contributed by atoms with Crippen LogP contribution in [0.4, 0.5) is 11.6 Å². The van der Waals surface area contributed by atoms with Gasteiger partial charge in [-0.05, 0) is 6.42 Å². The van der Waals surface area contributed by atoms with Gasteiger partial charge in [0.25, 0.3) is 0 Å².